The van der Waals surface area contributed by atoms with Crippen LogP contribution in [0.25, 0.3) is 0 Å². The van der Waals surface area contributed by atoms with Crippen LogP contribution in [-0.2, 0) is 13.2 Å². The molecule has 0 fully saturated rings. The summed E-state index contributed by atoms with van der Waals surface area (Å²) in [6.07, 6.45) is 0. The molecule has 0 radical (unpaired) electrons. The van der Waals surface area contributed by atoms with Crippen LogP contribution in [0.1, 0.15) is 29.2 Å². The first-order chi connectivity index (χ1) is 10.1. The third-order valence-electron chi connectivity index (χ3n) is 3.14. The van der Waals surface area contributed by atoms with E-state index in [9.17, 15) is 0 Å². The Bertz CT molecular complexity index is 580. The average molecular weight is 368 g/mol. The summed E-state index contributed by atoms with van der Waals surface area (Å²) in [5.41, 5.74) is 1.28. The number of ether oxygens (including phenoxy) is 1. The van der Waals surface area contributed by atoms with Gasteiger partial charge < -0.3 is 10.1 Å². The number of hydrogen-bond acceptors (Lipinski definition) is 3. The van der Waals surface area contributed by atoms with Gasteiger partial charge in [0.05, 0.1) is 4.47 Å². The van der Waals surface area contributed by atoms with Crippen molar-refractivity contribution in [1.29, 1.82) is 0 Å². The van der Waals surface area contributed by atoms with Gasteiger partial charge in [0.1, 0.15) is 12.4 Å². The van der Waals surface area contributed by atoms with Crippen LogP contribution in [0, 0.1) is 12.8 Å². The van der Waals surface area contributed by atoms with Gasteiger partial charge in [0.2, 0.25) is 0 Å². The summed E-state index contributed by atoms with van der Waals surface area (Å²) >= 11 is 5.36. The number of para-hydroxylation sites is 1. The van der Waals surface area contributed by atoms with E-state index >= 15 is 0 Å². The number of benzene rings is 1. The van der Waals surface area contributed by atoms with E-state index in [0.717, 1.165) is 23.3 Å². The predicted molar refractivity (Wildman–Crippen MR) is 94.1 cm³/mol. The summed E-state index contributed by atoms with van der Waals surface area (Å²) in [7, 11) is 0. The summed E-state index contributed by atoms with van der Waals surface area (Å²) in [4.78, 5) is 2.71. The maximum Gasteiger partial charge on any atom is 0.133 e. The first kappa shape index (κ1) is 16.5. The van der Waals surface area contributed by atoms with Gasteiger partial charge in [-0.3, -0.25) is 0 Å². The second kappa shape index (κ2) is 7.97. The van der Waals surface area contributed by atoms with Crippen molar-refractivity contribution in [3.05, 3.63) is 50.1 Å². The molecule has 0 saturated carbocycles. The van der Waals surface area contributed by atoms with Crippen molar-refractivity contribution in [2.24, 2.45) is 5.92 Å². The SMILES string of the molecule is Cc1sc(CNCC(C)C)cc1COc1ccccc1Br. The minimum Gasteiger partial charge on any atom is -0.488 e. The van der Waals surface area contributed by atoms with Crippen molar-refractivity contribution >= 4 is 27.3 Å². The van der Waals surface area contributed by atoms with Gasteiger partial charge in [-0.05, 0) is 53.5 Å². The van der Waals surface area contributed by atoms with Crippen LogP contribution >= 0.6 is 27.3 Å². The molecule has 0 aliphatic carbocycles. The molecule has 0 unspecified atom stereocenters. The Hall–Kier alpha value is -0.840. The molecule has 1 aromatic heterocycles. The van der Waals surface area contributed by atoms with Crippen molar-refractivity contribution in [3.63, 3.8) is 0 Å². The summed E-state index contributed by atoms with van der Waals surface area (Å²) in [6.45, 7) is 9.23. The number of thiophene rings is 1. The highest BCUT2D eigenvalue weighted by Gasteiger charge is 2.07. The molecule has 0 bridgehead atoms. The van der Waals surface area contributed by atoms with Gasteiger partial charge in [0, 0.05) is 21.9 Å². The van der Waals surface area contributed by atoms with E-state index in [1.165, 1.54) is 15.3 Å². The monoisotopic (exact) mass is 367 g/mol. The van der Waals surface area contributed by atoms with Crippen LogP contribution in [0.3, 0.4) is 0 Å². The molecule has 0 saturated heterocycles. The van der Waals surface area contributed by atoms with Gasteiger partial charge in [-0.2, -0.15) is 0 Å². The van der Waals surface area contributed by atoms with E-state index in [0.29, 0.717) is 12.5 Å². The van der Waals surface area contributed by atoms with E-state index in [1.807, 2.05) is 35.6 Å². The lowest BCUT2D eigenvalue weighted by molar-refractivity contribution is 0.304. The molecule has 0 amide bonds. The largest absolute Gasteiger partial charge is 0.488 e. The number of rotatable bonds is 7. The fourth-order valence-corrected chi connectivity index (χ4v) is 3.44. The van der Waals surface area contributed by atoms with Crippen molar-refractivity contribution in [3.8, 4) is 5.75 Å². The van der Waals surface area contributed by atoms with E-state index in [2.05, 4.69) is 48.1 Å². The highest BCUT2D eigenvalue weighted by Crippen LogP contribution is 2.27. The van der Waals surface area contributed by atoms with Gasteiger partial charge in [-0.25, -0.2) is 0 Å². The van der Waals surface area contributed by atoms with Crippen LogP contribution in [-0.4, -0.2) is 6.54 Å². The van der Waals surface area contributed by atoms with Crippen molar-refractivity contribution in [2.75, 3.05) is 6.54 Å². The molecular weight excluding hydrogens is 346 g/mol. The highest BCUT2D eigenvalue weighted by molar-refractivity contribution is 9.10. The lowest BCUT2D eigenvalue weighted by atomic mass is 10.2. The summed E-state index contributed by atoms with van der Waals surface area (Å²) in [6, 6.07) is 10.2. The molecule has 1 N–H and O–H groups in total. The fourth-order valence-electron chi connectivity index (χ4n) is 2.02. The van der Waals surface area contributed by atoms with E-state index in [-0.39, 0.29) is 0 Å². The Labute approximate surface area is 139 Å². The normalized spacial score (nSPS) is 11.1. The molecule has 2 aromatic rings. The molecular formula is C17H22BrNOS. The summed E-state index contributed by atoms with van der Waals surface area (Å²) in [5.74, 6) is 1.58. The summed E-state index contributed by atoms with van der Waals surface area (Å²) < 4.78 is 6.90. The molecule has 1 heterocycles. The molecule has 0 atom stereocenters. The molecule has 1 aromatic carbocycles. The topological polar surface area (TPSA) is 21.3 Å². The van der Waals surface area contributed by atoms with Crippen molar-refractivity contribution < 1.29 is 4.74 Å². The van der Waals surface area contributed by atoms with E-state index in [4.69, 9.17) is 4.74 Å². The van der Waals surface area contributed by atoms with Crippen LogP contribution in [0.4, 0.5) is 0 Å². The Morgan fingerprint density at radius 2 is 2.05 bits per heavy atom. The third-order valence-corrected chi connectivity index (χ3v) is 4.89. The summed E-state index contributed by atoms with van der Waals surface area (Å²) in [5, 5.41) is 3.49. The Kier molecular flexibility index (Phi) is 6.27. The highest BCUT2D eigenvalue weighted by atomic mass is 79.9. The zero-order chi connectivity index (χ0) is 15.2. The van der Waals surface area contributed by atoms with E-state index < -0.39 is 0 Å². The Morgan fingerprint density at radius 1 is 1.29 bits per heavy atom. The quantitative estimate of drug-likeness (QED) is 0.730. The number of halogens is 1. The van der Waals surface area contributed by atoms with Crippen molar-refractivity contribution in [1.82, 2.24) is 5.32 Å². The predicted octanol–water partition coefficient (Wildman–Crippen LogP) is 5.14. The minimum atomic E-state index is 0.620. The molecule has 0 spiro atoms. The number of nitrogens with one attached hydrogen (secondary N) is 1. The average Bonchev–Trinajstić information content (AvgIpc) is 2.78. The first-order valence-corrected chi connectivity index (χ1v) is 8.83. The molecule has 2 nitrogen and oxygen atoms in total. The van der Waals surface area contributed by atoms with Crippen LogP contribution in [0.2, 0.25) is 0 Å². The standard InChI is InChI=1S/C17H22BrNOS/c1-12(2)9-19-10-15-8-14(13(3)21-15)11-20-17-7-5-4-6-16(17)18/h4-8,12,19H,9-11H2,1-3H3. The molecule has 0 aliphatic heterocycles. The molecule has 4 heteroatoms. The zero-order valence-electron chi connectivity index (χ0n) is 12.8. The van der Waals surface area contributed by atoms with Gasteiger partial charge in [-0.1, -0.05) is 26.0 Å². The smallest absolute Gasteiger partial charge is 0.133 e. The van der Waals surface area contributed by atoms with Crippen LogP contribution in [0.5, 0.6) is 5.75 Å². The van der Waals surface area contributed by atoms with Gasteiger partial charge in [0.15, 0.2) is 0 Å². The fraction of sp³-hybridized carbons (Fsp3) is 0.412. The van der Waals surface area contributed by atoms with Crippen LogP contribution in [0.15, 0.2) is 34.8 Å². The van der Waals surface area contributed by atoms with Gasteiger partial charge in [0.25, 0.3) is 0 Å². The first-order valence-electron chi connectivity index (χ1n) is 7.22. The molecule has 0 aliphatic rings. The second-order valence-electron chi connectivity index (χ2n) is 5.54. The zero-order valence-corrected chi connectivity index (χ0v) is 15.2. The third kappa shape index (κ3) is 5.13. The van der Waals surface area contributed by atoms with Gasteiger partial charge in [-0.15, -0.1) is 11.3 Å². The van der Waals surface area contributed by atoms with Crippen LogP contribution < -0.4 is 10.1 Å². The Balaban J connectivity index is 1.92. The van der Waals surface area contributed by atoms with E-state index in [1.54, 1.807) is 0 Å². The molecule has 2 rings (SSSR count). The Morgan fingerprint density at radius 3 is 2.76 bits per heavy atom. The van der Waals surface area contributed by atoms with Crippen molar-refractivity contribution in [2.45, 2.75) is 33.9 Å². The van der Waals surface area contributed by atoms with Gasteiger partial charge >= 0.3 is 0 Å². The lowest BCUT2D eigenvalue weighted by Gasteiger charge is -2.07. The number of aryl methyl sites for hydroxylation is 1. The second-order valence-corrected chi connectivity index (χ2v) is 7.73. The number of hydrogen-bond donors (Lipinski definition) is 1. The molecule has 114 valence electrons. The minimum absolute atomic E-state index is 0.620. The lowest BCUT2D eigenvalue weighted by Crippen LogP contribution is -2.18. The maximum atomic E-state index is 5.90. The molecule has 21 heavy (non-hydrogen) atoms. The maximum absolute atomic E-state index is 5.90.